The average Bonchev–Trinajstić information content (AvgIpc) is 2.79. The molecule has 0 aliphatic heterocycles. The Morgan fingerprint density at radius 1 is 1.00 bits per heavy atom. The summed E-state index contributed by atoms with van der Waals surface area (Å²) in [5.41, 5.74) is 2.19. The number of carbonyl (C=O) groups excluding carboxylic acids is 2. The van der Waals surface area contributed by atoms with Gasteiger partial charge in [0, 0.05) is 31.0 Å². The van der Waals surface area contributed by atoms with Crippen molar-refractivity contribution in [2.45, 2.75) is 39.7 Å². The zero-order chi connectivity index (χ0) is 23.8. The second kappa shape index (κ2) is 11.6. The second-order valence-corrected chi connectivity index (χ2v) is 8.80. The van der Waals surface area contributed by atoms with Crippen molar-refractivity contribution >= 4 is 34.4 Å². The number of halogens is 1. The van der Waals surface area contributed by atoms with Crippen LogP contribution in [0.1, 0.15) is 31.5 Å². The van der Waals surface area contributed by atoms with Crippen LogP contribution in [0.3, 0.4) is 0 Å². The summed E-state index contributed by atoms with van der Waals surface area (Å²) in [7, 11) is 0. The molecule has 0 fully saturated rings. The summed E-state index contributed by atoms with van der Waals surface area (Å²) in [6.45, 7) is 4.95. The van der Waals surface area contributed by atoms with Crippen molar-refractivity contribution in [2.24, 2.45) is 5.92 Å². The third-order valence-electron chi connectivity index (χ3n) is 5.17. The Morgan fingerprint density at radius 3 is 2.45 bits per heavy atom. The normalized spacial score (nSPS) is 11.0. The van der Waals surface area contributed by atoms with Crippen LogP contribution in [0.25, 0.3) is 11.0 Å². The molecule has 3 rings (SSSR count). The zero-order valence-electron chi connectivity index (χ0n) is 18.9. The minimum Gasteiger partial charge on any atom is -0.356 e. The summed E-state index contributed by atoms with van der Waals surface area (Å²) in [4.78, 5) is 42.3. The van der Waals surface area contributed by atoms with E-state index in [0.717, 1.165) is 5.56 Å². The lowest BCUT2D eigenvalue weighted by Crippen LogP contribution is -2.35. The molecule has 2 amide bonds. The molecule has 8 heteroatoms. The molecule has 0 saturated heterocycles. The Balaban J connectivity index is 1.69. The Labute approximate surface area is 198 Å². The molecule has 0 aliphatic rings. The van der Waals surface area contributed by atoms with Crippen molar-refractivity contribution in [3.63, 3.8) is 0 Å². The van der Waals surface area contributed by atoms with Crippen LogP contribution in [-0.4, -0.2) is 34.5 Å². The van der Waals surface area contributed by atoms with Crippen molar-refractivity contribution in [1.82, 2.24) is 20.2 Å². The van der Waals surface area contributed by atoms with E-state index in [1.54, 1.807) is 18.2 Å². The number of rotatable bonds is 10. The predicted molar refractivity (Wildman–Crippen MR) is 130 cm³/mol. The summed E-state index contributed by atoms with van der Waals surface area (Å²) < 4.78 is 1.43. The van der Waals surface area contributed by atoms with Crippen LogP contribution in [0.2, 0.25) is 5.02 Å². The molecule has 0 atom stereocenters. The van der Waals surface area contributed by atoms with Crippen LogP contribution in [0, 0.1) is 5.92 Å². The topological polar surface area (TPSA) is 93.1 Å². The van der Waals surface area contributed by atoms with Crippen molar-refractivity contribution in [2.75, 3.05) is 13.1 Å². The Bertz CT molecular complexity index is 1170. The first-order valence-electron chi connectivity index (χ1n) is 11.1. The van der Waals surface area contributed by atoms with Gasteiger partial charge < -0.3 is 10.6 Å². The maximum absolute atomic E-state index is 13.1. The van der Waals surface area contributed by atoms with Gasteiger partial charge in [-0.3, -0.25) is 19.0 Å². The summed E-state index contributed by atoms with van der Waals surface area (Å²) in [5, 5.41) is 6.38. The lowest BCUT2D eigenvalue weighted by molar-refractivity contribution is -0.122. The van der Waals surface area contributed by atoms with Gasteiger partial charge in [-0.25, -0.2) is 4.98 Å². The molecule has 0 saturated carbocycles. The van der Waals surface area contributed by atoms with E-state index in [1.165, 1.54) is 4.57 Å². The molecular formula is C25H29ClN4O3. The molecule has 7 nitrogen and oxygen atoms in total. The molecule has 1 heterocycles. The van der Waals surface area contributed by atoms with Gasteiger partial charge >= 0.3 is 0 Å². The van der Waals surface area contributed by atoms with Crippen molar-refractivity contribution in [3.05, 3.63) is 75.2 Å². The van der Waals surface area contributed by atoms with Crippen molar-refractivity contribution in [3.8, 4) is 0 Å². The Kier molecular flexibility index (Phi) is 8.60. The lowest BCUT2D eigenvalue weighted by Gasteiger charge is -2.13. The minimum atomic E-state index is -0.349. The number of fused-ring (bicyclic) bond motifs is 1. The highest BCUT2D eigenvalue weighted by Gasteiger charge is 2.15. The van der Waals surface area contributed by atoms with Gasteiger partial charge in [0.2, 0.25) is 11.8 Å². The Morgan fingerprint density at radius 2 is 1.73 bits per heavy atom. The summed E-state index contributed by atoms with van der Waals surface area (Å²) in [6.07, 6.45) is 1.04. The minimum absolute atomic E-state index is 0.116. The maximum Gasteiger partial charge on any atom is 0.273 e. The van der Waals surface area contributed by atoms with E-state index in [4.69, 9.17) is 11.6 Å². The summed E-state index contributed by atoms with van der Waals surface area (Å²) in [6, 6.07) is 14.7. The molecule has 3 aromatic rings. The van der Waals surface area contributed by atoms with E-state index in [-0.39, 0.29) is 42.5 Å². The van der Waals surface area contributed by atoms with E-state index < -0.39 is 0 Å². The van der Waals surface area contributed by atoms with Gasteiger partial charge in [-0.1, -0.05) is 49.7 Å². The van der Waals surface area contributed by atoms with E-state index in [1.807, 2.05) is 44.2 Å². The number of nitrogens with one attached hydrogen (secondary N) is 2. The smallest absolute Gasteiger partial charge is 0.273 e. The van der Waals surface area contributed by atoms with Crippen LogP contribution >= 0.6 is 11.6 Å². The molecule has 2 aromatic carbocycles. The fraction of sp³-hybridized carbons (Fsp3) is 0.360. The quantitative estimate of drug-likeness (QED) is 0.478. The van der Waals surface area contributed by atoms with Crippen LogP contribution in [0.5, 0.6) is 0 Å². The number of para-hydroxylation sites is 2. The average molecular weight is 469 g/mol. The van der Waals surface area contributed by atoms with E-state index in [0.29, 0.717) is 41.5 Å². The summed E-state index contributed by atoms with van der Waals surface area (Å²) in [5.74, 6) is -0.0317. The number of hydrogen-bond donors (Lipinski definition) is 2. The highest BCUT2D eigenvalue weighted by molar-refractivity contribution is 6.30. The lowest BCUT2D eigenvalue weighted by atomic mass is 10.1. The fourth-order valence-corrected chi connectivity index (χ4v) is 3.53. The molecular weight excluding hydrogens is 440 g/mol. The highest BCUT2D eigenvalue weighted by Crippen LogP contribution is 2.11. The van der Waals surface area contributed by atoms with Crippen molar-refractivity contribution in [1.29, 1.82) is 0 Å². The maximum atomic E-state index is 13.1. The van der Waals surface area contributed by atoms with E-state index in [9.17, 15) is 14.4 Å². The molecule has 1 aromatic heterocycles. The van der Waals surface area contributed by atoms with Gasteiger partial charge in [0.25, 0.3) is 5.56 Å². The van der Waals surface area contributed by atoms with Crippen molar-refractivity contribution < 1.29 is 9.59 Å². The first kappa shape index (κ1) is 24.5. The fourth-order valence-electron chi connectivity index (χ4n) is 3.40. The number of aryl methyl sites for hydroxylation is 1. The number of hydrogen-bond acceptors (Lipinski definition) is 4. The molecule has 0 spiro atoms. The number of amides is 2. The monoisotopic (exact) mass is 468 g/mol. The zero-order valence-corrected chi connectivity index (χ0v) is 19.7. The van der Waals surface area contributed by atoms with Gasteiger partial charge in [-0.05, 0) is 42.2 Å². The number of nitrogens with zero attached hydrogens (tertiary/aromatic N) is 2. The van der Waals surface area contributed by atoms with Gasteiger partial charge in [-0.15, -0.1) is 0 Å². The molecule has 0 radical (unpaired) electrons. The first-order valence-corrected chi connectivity index (χ1v) is 11.5. The van der Waals surface area contributed by atoms with Gasteiger partial charge in [0.1, 0.15) is 12.2 Å². The van der Waals surface area contributed by atoms with Crippen LogP contribution < -0.4 is 16.2 Å². The second-order valence-electron chi connectivity index (χ2n) is 8.36. The predicted octanol–water partition coefficient (Wildman–Crippen LogP) is 3.11. The SMILES string of the molecule is CC(C)CNC(=O)CCc1nc2ccccc2n(CC(=O)NCCc2ccc(Cl)cc2)c1=O. The van der Waals surface area contributed by atoms with Crippen LogP contribution in [0.15, 0.2) is 53.3 Å². The molecule has 0 aliphatic carbocycles. The molecule has 2 N–H and O–H groups in total. The van der Waals surface area contributed by atoms with Crippen LogP contribution in [0.4, 0.5) is 0 Å². The largest absolute Gasteiger partial charge is 0.356 e. The van der Waals surface area contributed by atoms with Gasteiger partial charge in [0.05, 0.1) is 11.0 Å². The summed E-state index contributed by atoms with van der Waals surface area (Å²) >= 11 is 5.90. The number of benzene rings is 2. The molecule has 33 heavy (non-hydrogen) atoms. The van der Waals surface area contributed by atoms with Gasteiger partial charge in [-0.2, -0.15) is 0 Å². The van der Waals surface area contributed by atoms with E-state index in [2.05, 4.69) is 15.6 Å². The number of aromatic nitrogens is 2. The third-order valence-corrected chi connectivity index (χ3v) is 5.42. The first-order chi connectivity index (χ1) is 15.8. The van der Waals surface area contributed by atoms with Gasteiger partial charge in [0.15, 0.2) is 0 Å². The third kappa shape index (κ3) is 7.15. The standard InChI is InChI=1S/C25H29ClN4O3/c1-17(2)15-28-23(31)12-11-21-25(33)30(22-6-4-3-5-20(22)29-21)16-24(32)27-14-13-18-7-9-19(26)10-8-18/h3-10,17H,11-16H2,1-2H3,(H,27,32)(H,28,31). The molecule has 174 valence electrons. The van der Waals surface area contributed by atoms with E-state index >= 15 is 0 Å². The number of carbonyl (C=O) groups is 2. The van der Waals surface area contributed by atoms with Crippen LogP contribution in [-0.2, 0) is 29.0 Å². The highest BCUT2D eigenvalue weighted by atomic mass is 35.5. The molecule has 0 bridgehead atoms. The molecule has 0 unspecified atom stereocenters. The Hall–Kier alpha value is -3.19.